The summed E-state index contributed by atoms with van der Waals surface area (Å²) in [6, 6.07) is 12.3. The van der Waals surface area contributed by atoms with Gasteiger partial charge in [-0.3, -0.25) is 4.79 Å². The van der Waals surface area contributed by atoms with Crippen LogP contribution < -0.4 is 15.2 Å². The van der Waals surface area contributed by atoms with Gasteiger partial charge in [-0.2, -0.15) is 0 Å². The lowest BCUT2D eigenvalue weighted by atomic mass is 10.0. The van der Waals surface area contributed by atoms with Crippen molar-refractivity contribution in [2.45, 2.75) is 18.9 Å². The monoisotopic (exact) mass is 283 g/mol. The lowest BCUT2D eigenvalue weighted by Crippen LogP contribution is -2.06. The minimum atomic E-state index is -0.114. The Morgan fingerprint density at radius 3 is 2.62 bits per heavy atom. The van der Waals surface area contributed by atoms with Crippen LogP contribution in [0.4, 0.5) is 5.69 Å². The van der Waals surface area contributed by atoms with E-state index in [1.54, 1.807) is 37.4 Å². The summed E-state index contributed by atoms with van der Waals surface area (Å²) in [5, 5.41) is 0. The minimum absolute atomic E-state index is 0.114. The van der Waals surface area contributed by atoms with Gasteiger partial charge in [0.2, 0.25) is 0 Å². The van der Waals surface area contributed by atoms with E-state index in [1.165, 1.54) is 0 Å². The van der Waals surface area contributed by atoms with E-state index in [4.69, 9.17) is 15.2 Å². The van der Waals surface area contributed by atoms with Crippen molar-refractivity contribution in [2.24, 2.45) is 0 Å². The van der Waals surface area contributed by atoms with Crippen molar-refractivity contribution in [3.05, 3.63) is 53.6 Å². The summed E-state index contributed by atoms with van der Waals surface area (Å²) in [7, 11) is 1.56. The smallest absolute Gasteiger partial charge is 0.195 e. The van der Waals surface area contributed by atoms with Gasteiger partial charge in [0.05, 0.1) is 13.2 Å². The molecular weight excluding hydrogens is 266 g/mol. The number of nitrogens with two attached hydrogens (primary N) is 1. The van der Waals surface area contributed by atoms with Gasteiger partial charge in [-0.1, -0.05) is 12.1 Å². The molecule has 1 fully saturated rings. The Hall–Kier alpha value is -2.49. The summed E-state index contributed by atoms with van der Waals surface area (Å²) in [5.41, 5.74) is 7.39. The summed E-state index contributed by atoms with van der Waals surface area (Å²) in [5.74, 6) is 1.25. The van der Waals surface area contributed by atoms with E-state index in [9.17, 15) is 4.79 Å². The van der Waals surface area contributed by atoms with Gasteiger partial charge in [0.1, 0.15) is 11.5 Å². The van der Waals surface area contributed by atoms with Gasteiger partial charge in [0.15, 0.2) is 5.78 Å². The van der Waals surface area contributed by atoms with Gasteiger partial charge in [0, 0.05) is 22.9 Å². The molecule has 2 aromatic carbocycles. The molecule has 108 valence electrons. The number of methoxy groups -OCH3 is 1. The molecule has 1 saturated carbocycles. The standard InChI is InChI=1S/C17H17NO3/c1-20-13-7-8-15(16(18)10-13)17(19)11-3-2-4-14(9-11)21-12-5-6-12/h2-4,7-10,12H,5-6,18H2,1H3. The summed E-state index contributed by atoms with van der Waals surface area (Å²) in [4.78, 5) is 12.5. The van der Waals surface area contributed by atoms with Crippen molar-refractivity contribution in [3.8, 4) is 11.5 Å². The predicted octanol–water partition coefficient (Wildman–Crippen LogP) is 3.05. The van der Waals surface area contributed by atoms with E-state index in [1.807, 2.05) is 12.1 Å². The third-order valence-electron chi connectivity index (χ3n) is 3.43. The highest BCUT2D eigenvalue weighted by Crippen LogP contribution is 2.28. The van der Waals surface area contributed by atoms with Crippen LogP contribution in [0, 0.1) is 0 Å². The van der Waals surface area contributed by atoms with Crippen LogP contribution in [0.1, 0.15) is 28.8 Å². The summed E-state index contributed by atoms with van der Waals surface area (Å²) in [6.45, 7) is 0. The van der Waals surface area contributed by atoms with Crippen molar-refractivity contribution in [3.63, 3.8) is 0 Å². The number of hydrogen-bond donors (Lipinski definition) is 1. The highest BCUT2D eigenvalue weighted by atomic mass is 16.5. The number of ether oxygens (including phenoxy) is 2. The van der Waals surface area contributed by atoms with Gasteiger partial charge >= 0.3 is 0 Å². The van der Waals surface area contributed by atoms with E-state index >= 15 is 0 Å². The lowest BCUT2D eigenvalue weighted by molar-refractivity contribution is 0.103. The van der Waals surface area contributed by atoms with Gasteiger partial charge in [-0.25, -0.2) is 0 Å². The molecule has 4 nitrogen and oxygen atoms in total. The molecule has 0 unspecified atom stereocenters. The predicted molar refractivity (Wildman–Crippen MR) is 80.9 cm³/mol. The first kappa shape index (κ1) is 13.5. The fourth-order valence-corrected chi connectivity index (χ4v) is 2.12. The summed E-state index contributed by atoms with van der Waals surface area (Å²) in [6.07, 6.45) is 2.48. The first-order valence-electron chi connectivity index (χ1n) is 6.92. The quantitative estimate of drug-likeness (QED) is 0.676. The lowest BCUT2D eigenvalue weighted by Gasteiger charge is -2.09. The van der Waals surface area contributed by atoms with E-state index in [0.717, 1.165) is 18.6 Å². The number of carbonyl (C=O) groups excluding carboxylic acids is 1. The molecule has 0 spiro atoms. The topological polar surface area (TPSA) is 61.5 Å². The molecule has 0 aromatic heterocycles. The number of benzene rings is 2. The Balaban J connectivity index is 1.87. The van der Waals surface area contributed by atoms with Crippen molar-refractivity contribution in [1.29, 1.82) is 0 Å². The number of rotatable bonds is 5. The molecule has 0 aliphatic heterocycles. The second kappa shape index (κ2) is 5.48. The number of nitrogen functional groups attached to an aromatic ring is 1. The van der Waals surface area contributed by atoms with Gasteiger partial charge in [-0.05, 0) is 37.1 Å². The number of carbonyl (C=O) groups is 1. The van der Waals surface area contributed by atoms with Gasteiger partial charge < -0.3 is 15.2 Å². The van der Waals surface area contributed by atoms with Crippen LogP contribution in [-0.4, -0.2) is 19.0 Å². The van der Waals surface area contributed by atoms with E-state index < -0.39 is 0 Å². The molecule has 0 radical (unpaired) electrons. The van der Waals surface area contributed by atoms with E-state index in [-0.39, 0.29) is 5.78 Å². The maximum atomic E-state index is 12.5. The van der Waals surface area contributed by atoms with Crippen molar-refractivity contribution >= 4 is 11.5 Å². The summed E-state index contributed by atoms with van der Waals surface area (Å²) >= 11 is 0. The van der Waals surface area contributed by atoms with Crippen LogP contribution in [0.2, 0.25) is 0 Å². The van der Waals surface area contributed by atoms with Crippen molar-refractivity contribution < 1.29 is 14.3 Å². The van der Waals surface area contributed by atoms with Crippen LogP contribution in [0.15, 0.2) is 42.5 Å². The molecule has 1 aliphatic carbocycles. The zero-order chi connectivity index (χ0) is 14.8. The SMILES string of the molecule is COc1ccc(C(=O)c2cccc(OC3CC3)c2)c(N)c1. The molecule has 2 N–H and O–H groups in total. The third-order valence-corrected chi connectivity index (χ3v) is 3.43. The van der Waals surface area contributed by atoms with Crippen LogP contribution in [0.5, 0.6) is 11.5 Å². The Morgan fingerprint density at radius 1 is 1.14 bits per heavy atom. The minimum Gasteiger partial charge on any atom is -0.497 e. The Morgan fingerprint density at radius 2 is 1.95 bits per heavy atom. The second-order valence-electron chi connectivity index (χ2n) is 5.13. The fourth-order valence-electron chi connectivity index (χ4n) is 2.12. The molecule has 0 heterocycles. The molecule has 4 heteroatoms. The fraction of sp³-hybridized carbons (Fsp3) is 0.235. The largest absolute Gasteiger partial charge is 0.497 e. The zero-order valence-corrected chi connectivity index (χ0v) is 11.8. The van der Waals surface area contributed by atoms with E-state index in [2.05, 4.69) is 0 Å². The average molecular weight is 283 g/mol. The number of hydrogen-bond acceptors (Lipinski definition) is 4. The zero-order valence-electron chi connectivity index (χ0n) is 11.8. The molecular formula is C17H17NO3. The van der Waals surface area contributed by atoms with Gasteiger partial charge in [-0.15, -0.1) is 0 Å². The van der Waals surface area contributed by atoms with Crippen molar-refractivity contribution in [1.82, 2.24) is 0 Å². The van der Waals surface area contributed by atoms with Crippen LogP contribution >= 0.6 is 0 Å². The first-order valence-corrected chi connectivity index (χ1v) is 6.92. The number of ketones is 1. The molecule has 1 aliphatic rings. The van der Waals surface area contributed by atoms with Crippen molar-refractivity contribution in [2.75, 3.05) is 12.8 Å². The molecule has 0 bridgehead atoms. The molecule has 0 amide bonds. The third kappa shape index (κ3) is 2.99. The molecule has 0 saturated heterocycles. The number of anilines is 1. The Bertz CT molecular complexity index is 677. The summed E-state index contributed by atoms with van der Waals surface area (Å²) < 4.78 is 10.8. The van der Waals surface area contributed by atoms with Crippen LogP contribution in [0.3, 0.4) is 0 Å². The van der Waals surface area contributed by atoms with E-state index in [0.29, 0.717) is 28.7 Å². The second-order valence-corrected chi connectivity index (χ2v) is 5.13. The normalized spacial score (nSPS) is 13.8. The first-order chi connectivity index (χ1) is 10.2. The maximum absolute atomic E-state index is 12.5. The Labute approximate surface area is 123 Å². The molecule has 3 rings (SSSR count). The highest BCUT2D eigenvalue weighted by molar-refractivity contribution is 6.12. The van der Waals surface area contributed by atoms with Gasteiger partial charge in [0.25, 0.3) is 0 Å². The highest BCUT2D eigenvalue weighted by Gasteiger charge is 2.23. The maximum Gasteiger partial charge on any atom is 0.195 e. The average Bonchev–Trinajstić information content (AvgIpc) is 3.30. The van der Waals surface area contributed by atoms with Crippen LogP contribution in [-0.2, 0) is 0 Å². The molecule has 2 aromatic rings. The van der Waals surface area contributed by atoms with Crippen LogP contribution in [0.25, 0.3) is 0 Å². The molecule has 0 atom stereocenters. The Kier molecular flexibility index (Phi) is 3.52. The molecule has 21 heavy (non-hydrogen) atoms.